The van der Waals surface area contributed by atoms with E-state index in [0.29, 0.717) is 34.8 Å². The molecule has 1 saturated heterocycles. The first-order chi connectivity index (χ1) is 11.6. The van der Waals surface area contributed by atoms with E-state index in [1.807, 2.05) is 0 Å². The van der Waals surface area contributed by atoms with Gasteiger partial charge in [0.15, 0.2) is 0 Å². The van der Waals surface area contributed by atoms with Crippen molar-refractivity contribution in [3.8, 4) is 0 Å². The predicted molar refractivity (Wildman–Crippen MR) is 94.1 cm³/mol. The molecule has 0 aliphatic carbocycles. The van der Waals surface area contributed by atoms with E-state index in [1.165, 1.54) is 0 Å². The highest BCUT2D eigenvalue weighted by Crippen LogP contribution is 2.24. The van der Waals surface area contributed by atoms with Crippen molar-refractivity contribution in [2.24, 2.45) is 0 Å². The summed E-state index contributed by atoms with van der Waals surface area (Å²) < 4.78 is 0. The molecule has 3 N–H and O–H groups in total. The van der Waals surface area contributed by atoms with Gasteiger partial charge in [0.25, 0.3) is 5.91 Å². The van der Waals surface area contributed by atoms with Crippen LogP contribution in [0.15, 0.2) is 23.0 Å². The van der Waals surface area contributed by atoms with Gasteiger partial charge in [-0.1, -0.05) is 13.3 Å². The second kappa shape index (κ2) is 7.12. The van der Waals surface area contributed by atoms with Crippen molar-refractivity contribution in [1.29, 1.82) is 0 Å². The minimum absolute atomic E-state index is 0.0991. The summed E-state index contributed by atoms with van der Waals surface area (Å²) in [5, 5.41) is 2.90. The Morgan fingerprint density at radius 3 is 2.92 bits per heavy atom. The monoisotopic (exact) mass is 348 g/mol. The third kappa shape index (κ3) is 3.33. The molecule has 0 saturated carbocycles. The lowest BCUT2D eigenvalue weighted by Crippen LogP contribution is -2.47. The fourth-order valence-corrected chi connectivity index (χ4v) is 3.85. The fraction of sp³-hybridized carbons (Fsp3) is 0.438. The number of rotatable bonds is 5. The van der Waals surface area contributed by atoms with Gasteiger partial charge in [0.1, 0.15) is 6.04 Å². The summed E-state index contributed by atoms with van der Waals surface area (Å²) in [7, 11) is 0. The van der Waals surface area contributed by atoms with Crippen molar-refractivity contribution in [2.75, 3.05) is 18.2 Å². The van der Waals surface area contributed by atoms with Crippen molar-refractivity contribution in [2.45, 2.75) is 25.8 Å². The number of unbranched alkanes of at least 4 members (excludes halogenated alkanes) is 1. The largest absolute Gasteiger partial charge is 0.354 e. The molecule has 1 aromatic heterocycles. The summed E-state index contributed by atoms with van der Waals surface area (Å²) in [4.78, 5) is 43.3. The Kier molecular flexibility index (Phi) is 4.94. The second-order valence-corrected chi connectivity index (χ2v) is 6.77. The number of hydrogen-bond acceptors (Lipinski definition) is 4. The number of fused-ring (bicyclic) bond motifs is 1. The molecule has 2 amide bonds. The lowest BCUT2D eigenvalue weighted by Gasteiger charge is -2.23. The lowest BCUT2D eigenvalue weighted by molar-refractivity contribution is -0.124. The average Bonchev–Trinajstić information content (AvgIpc) is 3.19. The summed E-state index contributed by atoms with van der Waals surface area (Å²) in [6.07, 6.45) is 1.94. The van der Waals surface area contributed by atoms with Crippen LogP contribution >= 0.6 is 11.8 Å². The van der Waals surface area contributed by atoms with E-state index in [2.05, 4.69) is 22.2 Å². The first kappa shape index (κ1) is 16.6. The molecular weight excluding hydrogens is 328 g/mol. The third-order valence-electron chi connectivity index (χ3n) is 4.04. The van der Waals surface area contributed by atoms with Gasteiger partial charge in [-0.2, -0.15) is 0 Å². The Morgan fingerprint density at radius 1 is 1.33 bits per heavy atom. The molecule has 1 fully saturated rings. The first-order valence-electron chi connectivity index (χ1n) is 7.98. The number of H-pyrrole nitrogens is 2. The molecule has 1 aromatic carbocycles. The maximum atomic E-state index is 12.8. The summed E-state index contributed by atoms with van der Waals surface area (Å²) in [5.41, 5.74) is 1.40. The zero-order valence-corrected chi connectivity index (χ0v) is 14.2. The number of amides is 2. The minimum atomic E-state index is -0.444. The number of hydrogen-bond donors (Lipinski definition) is 3. The number of thioether (sulfide) groups is 1. The highest BCUT2D eigenvalue weighted by molar-refractivity contribution is 7.99. The van der Waals surface area contributed by atoms with Crippen LogP contribution in [-0.4, -0.2) is 50.9 Å². The van der Waals surface area contributed by atoms with Crippen molar-refractivity contribution in [3.63, 3.8) is 0 Å². The minimum Gasteiger partial charge on any atom is -0.354 e. The van der Waals surface area contributed by atoms with E-state index in [1.54, 1.807) is 34.9 Å². The maximum absolute atomic E-state index is 12.8. The van der Waals surface area contributed by atoms with Gasteiger partial charge < -0.3 is 20.2 Å². The van der Waals surface area contributed by atoms with Crippen LogP contribution in [0.25, 0.3) is 11.0 Å². The zero-order chi connectivity index (χ0) is 17.1. The Morgan fingerprint density at radius 2 is 2.12 bits per heavy atom. The van der Waals surface area contributed by atoms with Crippen molar-refractivity contribution < 1.29 is 9.59 Å². The molecule has 8 heteroatoms. The van der Waals surface area contributed by atoms with Crippen LogP contribution in [0, 0.1) is 0 Å². The van der Waals surface area contributed by atoms with Crippen molar-refractivity contribution in [1.82, 2.24) is 20.2 Å². The Balaban J connectivity index is 1.76. The predicted octanol–water partition coefficient (Wildman–Crippen LogP) is 1.29. The van der Waals surface area contributed by atoms with E-state index in [0.717, 1.165) is 12.8 Å². The van der Waals surface area contributed by atoms with E-state index in [4.69, 9.17) is 0 Å². The first-order valence-corrected chi connectivity index (χ1v) is 9.14. The zero-order valence-electron chi connectivity index (χ0n) is 13.4. The fourth-order valence-electron chi connectivity index (χ4n) is 2.70. The Hall–Kier alpha value is -2.22. The highest BCUT2D eigenvalue weighted by atomic mass is 32.2. The topological polar surface area (TPSA) is 98.1 Å². The van der Waals surface area contributed by atoms with Crippen LogP contribution < -0.4 is 11.0 Å². The molecule has 128 valence electrons. The normalized spacial score (nSPS) is 17.4. The van der Waals surface area contributed by atoms with Crippen LogP contribution in [0.5, 0.6) is 0 Å². The molecule has 0 unspecified atom stereocenters. The van der Waals surface area contributed by atoms with Crippen molar-refractivity contribution in [3.05, 3.63) is 34.2 Å². The number of nitrogens with one attached hydrogen (secondary N) is 3. The maximum Gasteiger partial charge on any atom is 0.323 e. The van der Waals surface area contributed by atoms with E-state index < -0.39 is 6.04 Å². The van der Waals surface area contributed by atoms with Gasteiger partial charge in [-0.25, -0.2) is 4.79 Å². The molecule has 0 spiro atoms. The van der Waals surface area contributed by atoms with Crippen LogP contribution in [-0.2, 0) is 4.79 Å². The van der Waals surface area contributed by atoms with Crippen LogP contribution in [0.4, 0.5) is 0 Å². The number of imidazole rings is 1. The van der Waals surface area contributed by atoms with Gasteiger partial charge in [0.2, 0.25) is 5.91 Å². The molecule has 2 heterocycles. The lowest BCUT2D eigenvalue weighted by atomic mass is 10.1. The molecule has 1 atom stereocenters. The standard InChI is InChI=1S/C16H20N4O3S/c1-2-3-6-17-14(21)13-8-24-9-20(13)15(22)10-4-5-11-12(7-10)19-16(23)18-11/h4-5,7,13H,2-3,6,8-9H2,1H3,(H,17,21)(H2,18,19,23)/t13-/m1/s1. The number of carbonyl (C=O) groups excluding carboxylic acids is 2. The third-order valence-corrected chi connectivity index (χ3v) is 5.05. The van der Waals surface area contributed by atoms with E-state index in [9.17, 15) is 14.4 Å². The van der Waals surface area contributed by atoms with Crippen LogP contribution in [0.3, 0.4) is 0 Å². The summed E-state index contributed by atoms with van der Waals surface area (Å²) in [5.74, 6) is 0.803. The molecule has 7 nitrogen and oxygen atoms in total. The summed E-state index contributed by atoms with van der Waals surface area (Å²) in [6.45, 7) is 2.70. The molecule has 0 bridgehead atoms. The highest BCUT2D eigenvalue weighted by Gasteiger charge is 2.35. The van der Waals surface area contributed by atoms with Gasteiger partial charge in [0, 0.05) is 17.9 Å². The number of aromatic amines is 2. The molecule has 2 aromatic rings. The van der Waals surface area contributed by atoms with Gasteiger partial charge in [0.05, 0.1) is 16.9 Å². The smallest absolute Gasteiger partial charge is 0.323 e. The van der Waals surface area contributed by atoms with Gasteiger partial charge in [-0.3, -0.25) is 9.59 Å². The summed E-state index contributed by atoms with van der Waals surface area (Å²) >= 11 is 1.57. The quantitative estimate of drug-likeness (QED) is 0.709. The Labute approximate surface area is 143 Å². The molecule has 1 aliphatic rings. The van der Waals surface area contributed by atoms with E-state index >= 15 is 0 Å². The van der Waals surface area contributed by atoms with Crippen LogP contribution in [0.1, 0.15) is 30.1 Å². The van der Waals surface area contributed by atoms with Gasteiger partial charge in [-0.05, 0) is 24.6 Å². The number of benzene rings is 1. The SMILES string of the molecule is CCCCNC(=O)[C@H]1CSCN1C(=O)c1ccc2[nH]c(=O)[nH]c2c1. The molecule has 1 aliphatic heterocycles. The van der Waals surface area contributed by atoms with Crippen LogP contribution in [0.2, 0.25) is 0 Å². The number of nitrogens with zero attached hydrogens (tertiary/aromatic N) is 1. The number of carbonyl (C=O) groups is 2. The molecule has 3 rings (SSSR count). The van der Waals surface area contributed by atoms with Gasteiger partial charge in [-0.15, -0.1) is 11.8 Å². The van der Waals surface area contributed by atoms with Gasteiger partial charge >= 0.3 is 5.69 Å². The summed E-state index contributed by atoms with van der Waals surface area (Å²) in [6, 6.07) is 4.56. The van der Waals surface area contributed by atoms with E-state index in [-0.39, 0.29) is 17.5 Å². The molecular formula is C16H20N4O3S. The molecule has 0 radical (unpaired) electrons. The Bertz CT molecular complexity index is 813. The van der Waals surface area contributed by atoms with Crippen molar-refractivity contribution >= 4 is 34.6 Å². The molecule has 24 heavy (non-hydrogen) atoms. The second-order valence-electron chi connectivity index (χ2n) is 5.77. The average molecular weight is 348 g/mol. The number of aromatic nitrogens is 2.